The number of likely N-dealkylation sites (tertiary alicyclic amines) is 1. The molecule has 2 nitrogen and oxygen atoms in total. The lowest BCUT2D eigenvalue weighted by Crippen LogP contribution is -2.37. The van der Waals surface area contributed by atoms with Gasteiger partial charge in [0.2, 0.25) is 0 Å². The van der Waals surface area contributed by atoms with Gasteiger partial charge in [-0.25, -0.2) is 0 Å². The van der Waals surface area contributed by atoms with E-state index in [2.05, 4.69) is 59.5 Å². The summed E-state index contributed by atoms with van der Waals surface area (Å²) in [7, 11) is 0. The van der Waals surface area contributed by atoms with Crippen LogP contribution in [0.15, 0.2) is 54.6 Å². The largest absolute Gasteiger partial charge is 0.330 e. The predicted molar refractivity (Wildman–Crippen MR) is 88.9 cm³/mol. The van der Waals surface area contributed by atoms with Crippen LogP contribution < -0.4 is 5.73 Å². The van der Waals surface area contributed by atoms with Crippen molar-refractivity contribution in [2.75, 3.05) is 19.6 Å². The van der Waals surface area contributed by atoms with E-state index in [0.717, 1.165) is 19.6 Å². The Hall–Kier alpha value is -1.64. The third-order valence-corrected chi connectivity index (χ3v) is 4.40. The zero-order chi connectivity index (χ0) is 14.5. The Labute approximate surface area is 127 Å². The molecule has 0 spiro atoms. The molecule has 0 aromatic heterocycles. The van der Waals surface area contributed by atoms with E-state index >= 15 is 0 Å². The van der Waals surface area contributed by atoms with E-state index in [1.54, 1.807) is 0 Å². The van der Waals surface area contributed by atoms with Crippen molar-refractivity contribution in [3.63, 3.8) is 0 Å². The monoisotopic (exact) mass is 280 g/mol. The molecule has 0 aliphatic carbocycles. The number of nitrogens with zero attached hydrogens (tertiary/aromatic N) is 1. The molecule has 1 heterocycles. The van der Waals surface area contributed by atoms with Gasteiger partial charge in [-0.3, -0.25) is 4.90 Å². The van der Waals surface area contributed by atoms with Gasteiger partial charge in [0.15, 0.2) is 0 Å². The Bertz CT molecular complexity index is 548. The van der Waals surface area contributed by atoms with Crippen LogP contribution in [0.2, 0.25) is 0 Å². The minimum absolute atomic E-state index is 0.683. The van der Waals surface area contributed by atoms with Crippen molar-refractivity contribution in [1.29, 1.82) is 0 Å². The zero-order valence-electron chi connectivity index (χ0n) is 12.5. The summed E-state index contributed by atoms with van der Waals surface area (Å²) in [4.78, 5) is 2.54. The van der Waals surface area contributed by atoms with E-state index < -0.39 is 0 Å². The molecule has 1 unspecified atom stereocenters. The fourth-order valence-electron chi connectivity index (χ4n) is 3.18. The van der Waals surface area contributed by atoms with Gasteiger partial charge in [-0.05, 0) is 48.5 Å². The molecule has 1 saturated heterocycles. The lowest BCUT2D eigenvalue weighted by Gasteiger charge is -2.32. The van der Waals surface area contributed by atoms with Gasteiger partial charge in [-0.15, -0.1) is 0 Å². The summed E-state index contributed by atoms with van der Waals surface area (Å²) in [6.07, 6.45) is 2.57. The summed E-state index contributed by atoms with van der Waals surface area (Å²) in [5.41, 5.74) is 9.78. The van der Waals surface area contributed by atoms with Gasteiger partial charge >= 0.3 is 0 Å². The molecule has 0 saturated carbocycles. The molecule has 1 fully saturated rings. The molecule has 2 heteroatoms. The second-order valence-corrected chi connectivity index (χ2v) is 6.04. The van der Waals surface area contributed by atoms with E-state index in [-0.39, 0.29) is 0 Å². The van der Waals surface area contributed by atoms with E-state index in [1.165, 1.54) is 36.1 Å². The van der Waals surface area contributed by atoms with Crippen LogP contribution in [0.5, 0.6) is 0 Å². The first-order valence-corrected chi connectivity index (χ1v) is 7.92. The highest BCUT2D eigenvalue weighted by molar-refractivity contribution is 5.63. The number of rotatable bonds is 4. The molecule has 1 atom stereocenters. The average Bonchev–Trinajstić information content (AvgIpc) is 2.56. The average molecular weight is 280 g/mol. The second-order valence-electron chi connectivity index (χ2n) is 6.04. The summed E-state index contributed by atoms with van der Waals surface area (Å²) < 4.78 is 0. The van der Waals surface area contributed by atoms with Gasteiger partial charge in [-0.1, -0.05) is 54.6 Å². The minimum atomic E-state index is 0.683. The fraction of sp³-hybridized carbons (Fsp3) is 0.368. The van der Waals surface area contributed by atoms with Crippen LogP contribution in [-0.4, -0.2) is 24.5 Å². The van der Waals surface area contributed by atoms with Crippen LogP contribution in [-0.2, 0) is 6.54 Å². The summed E-state index contributed by atoms with van der Waals surface area (Å²) in [5.74, 6) is 0.683. The topological polar surface area (TPSA) is 29.3 Å². The molecule has 3 rings (SSSR count). The van der Waals surface area contributed by atoms with Gasteiger partial charge in [0.25, 0.3) is 0 Å². The van der Waals surface area contributed by atoms with Crippen molar-refractivity contribution < 1.29 is 0 Å². The van der Waals surface area contributed by atoms with Crippen molar-refractivity contribution in [3.8, 4) is 11.1 Å². The Kier molecular flexibility index (Phi) is 4.69. The first kappa shape index (κ1) is 14.3. The Morgan fingerprint density at radius 1 is 0.952 bits per heavy atom. The molecular weight excluding hydrogens is 256 g/mol. The molecule has 0 radical (unpaired) electrons. The van der Waals surface area contributed by atoms with Crippen LogP contribution in [0.1, 0.15) is 18.4 Å². The highest BCUT2D eigenvalue weighted by Crippen LogP contribution is 2.21. The highest BCUT2D eigenvalue weighted by atomic mass is 15.1. The molecule has 0 amide bonds. The molecule has 2 aromatic rings. The van der Waals surface area contributed by atoms with Crippen molar-refractivity contribution in [3.05, 3.63) is 60.2 Å². The van der Waals surface area contributed by atoms with Gasteiger partial charge < -0.3 is 5.73 Å². The molecule has 2 N–H and O–H groups in total. The molecule has 0 bridgehead atoms. The maximum Gasteiger partial charge on any atom is 0.0233 e. The van der Waals surface area contributed by atoms with Crippen LogP contribution >= 0.6 is 0 Å². The molecule has 21 heavy (non-hydrogen) atoms. The maximum absolute atomic E-state index is 5.82. The summed E-state index contributed by atoms with van der Waals surface area (Å²) in [6, 6.07) is 19.5. The molecule has 2 aromatic carbocycles. The van der Waals surface area contributed by atoms with E-state index in [9.17, 15) is 0 Å². The molecule has 1 aliphatic rings. The van der Waals surface area contributed by atoms with Gasteiger partial charge in [-0.2, -0.15) is 0 Å². The van der Waals surface area contributed by atoms with Gasteiger partial charge in [0.1, 0.15) is 0 Å². The van der Waals surface area contributed by atoms with E-state index in [4.69, 9.17) is 5.73 Å². The third-order valence-electron chi connectivity index (χ3n) is 4.40. The Morgan fingerprint density at radius 3 is 2.38 bits per heavy atom. The van der Waals surface area contributed by atoms with Crippen LogP contribution in [0.4, 0.5) is 0 Å². The summed E-state index contributed by atoms with van der Waals surface area (Å²) >= 11 is 0. The Morgan fingerprint density at radius 2 is 1.67 bits per heavy atom. The first-order chi connectivity index (χ1) is 10.3. The molecular formula is C19H24N2. The zero-order valence-corrected chi connectivity index (χ0v) is 12.5. The van der Waals surface area contributed by atoms with Crippen LogP contribution in [0, 0.1) is 5.92 Å². The van der Waals surface area contributed by atoms with Crippen LogP contribution in [0.25, 0.3) is 11.1 Å². The van der Waals surface area contributed by atoms with Gasteiger partial charge in [0, 0.05) is 13.1 Å². The van der Waals surface area contributed by atoms with Crippen molar-refractivity contribution >= 4 is 0 Å². The number of hydrogen-bond acceptors (Lipinski definition) is 2. The maximum atomic E-state index is 5.82. The van der Waals surface area contributed by atoms with Crippen molar-refractivity contribution in [2.24, 2.45) is 11.7 Å². The lowest BCUT2D eigenvalue weighted by molar-refractivity contribution is 0.171. The predicted octanol–water partition coefficient (Wildman–Crippen LogP) is 3.52. The fourth-order valence-corrected chi connectivity index (χ4v) is 3.18. The van der Waals surface area contributed by atoms with Gasteiger partial charge in [0.05, 0.1) is 0 Å². The van der Waals surface area contributed by atoms with Crippen molar-refractivity contribution in [1.82, 2.24) is 4.90 Å². The second kappa shape index (κ2) is 6.88. The van der Waals surface area contributed by atoms with Crippen LogP contribution in [0.3, 0.4) is 0 Å². The lowest BCUT2D eigenvalue weighted by atomic mass is 9.97. The minimum Gasteiger partial charge on any atom is -0.330 e. The first-order valence-electron chi connectivity index (χ1n) is 7.92. The number of piperidine rings is 1. The Balaban J connectivity index is 1.65. The number of hydrogen-bond donors (Lipinski definition) is 1. The summed E-state index contributed by atoms with van der Waals surface area (Å²) in [5, 5.41) is 0. The van der Waals surface area contributed by atoms with E-state index in [0.29, 0.717) is 5.92 Å². The normalized spacial score (nSPS) is 19.6. The number of benzene rings is 2. The standard InChI is InChI=1S/C19H24N2/c20-13-17-5-4-12-21(15-17)14-16-8-10-19(11-9-16)18-6-2-1-3-7-18/h1-3,6-11,17H,4-5,12-15,20H2. The SMILES string of the molecule is NCC1CCCN(Cc2ccc(-c3ccccc3)cc2)C1. The van der Waals surface area contributed by atoms with Crippen molar-refractivity contribution in [2.45, 2.75) is 19.4 Å². The molecule has 1 aliphatic heterocycles. The quantitative estimate of drug-likeness (QED) is 0.928. The number of nitrogens with two attached hydrogens (primary N) is 1. The smallest absolute Gasteiger partial charge is 0.0233 e. The third kappa shape index (κ3) is 3.72. The molecule has 110 valence electrons. The van der Waals surface area contributed by atoms with E-state index in [1.807, 2.05) is 0 Å². The highest BCUT2D eigenvalue weighted by Gasteiger charge is 2.18. The summed E-state index contributed by atoms with van der Waals surface area (Å²) in [6.45, 7) is 4.23.